The minimum absolute atomic E-state index is 0.0880. The van der Waals surface area contributed by atoms with E-state index >= 15 is 0 Å². The van der Waals surface area contributed by atoms with Gasteiger partial charge in [0.15, 0.2) is 12.4 Å². The lowest BCUT2D eigenvalue weighted by Gasteiger charge is -2.05. The standard InChI is InChI=1S/C5H6N2O3/c6-5(8)4-1-2-7(9,10)3-4/h1-3,9-10H,(H-,6,8)/p+1. The average Bonchev–Trinajstić information content (AvgIpc) is 2.10. The molecule has 0 fully saturated rings. The number of rotatable bonds is 1. The number of carbonyl (C=O) groups is 1. The van der Waals surface area contributed by atoms with Crippen molar-refractivity contribution < 1.29 is 20.0 Å². The van der Waals surface area contributed by atoms with Crippen LogP contribution in [0.5, 0.6) is 0 Å². The third kappa shape index (κ3) is 1.21. The summed E-state index contributed by atoms with van der Waals surface area (Å²) in [6.45, 7) is 0. The van der Waals surface area contributed by atoms with Crippen molar-refractivity contribution >= 4 is 5.91 Å². The second-order valence-electron chi connectivity index (χ2n) is 1.96. The van der Waals surface area contributed by atoms with E-state index in [4.69, 9.17) is 16.1 Å². The Labute approximate surface area is 56.8 Å². The van der Waals surface area contributed by atoms with Gasteiger partial charge >= 0.3 is 0 Å². The van der Waals surface area contributed by atoms with Gasteiger partial charge in [-0.2, -0.15) is 10.4 Å². The highest BCUT2D eigenvalue weighted by atomic mass is 16.8. The molecule has 0 spiro atoms. The van der Waals surface area contributed by atoms with E-state index in [-0.39, 0.29) is 5.57 Å². The molecule has 1 amide bonds. The van der Waals surface area contributed by atoms with Gasteiger partial charge in [-0.05, 0) is 0 Å². The monoisotopic (exact) mass is 143 g/mol. The van der Waals surface area contributed by atoms with Crippen LogP contribution in [0.1, 0.15) is 0 Å². The lowest BCUT2D eigenvalue weighted by atomic mass is 10.3. The first kappa shape index (κ1) is 6.94. The topological polar surface area (TPSA) is 83.6 Å². The number of hydrogen-bond acceptors (Lipinski definition) is 3. The normalized spacial score (nSPS) is 20.8. The molecular weight excluding hydrogens is 136 g/mol. The van der Waals surface area contributed by atoms with E-state index in [1.807, 2.05) is 0 Å². The Bertz CT molecular complexity index is 229. The Morgan fingerprint density at radius 2 is 2.20 bits per heavy atom. The van der Waals surface area contributed by atoms with Crippen LogP contribution in [0, 0.1) is 0 Å². The van der Waals surface area contributed by atoms with Crippen LogP contribution in [0.15, 0.2) is 24.0 Å². The van der Waals surface area contributed by atoms with E-state index in [2.05, 4.69) is 0 Å². The molecule has 5 nitrogen and oxygen atoms in total. The third-order valence-electron chi connectivity index (χ3n) is 1.09. The molecule has 0 aromatic carbocycles. The Morgan fingerprint density at radius 1 is 1.60 bits per heavy atom. The predicted octanol–water partition coefficient (Wildman–Crippen LogP) is -0.522. The van der Waals surface area contributed by atoms with Gasteiger partial charge in [0, 0.05) is 10.9 Å². The first-order chi connectivity index (χ1) is 4.51. The van der Waals surface area contributed by atoms with E-state index in [9.17, 15) is 4.79 Å². The van der Waals surface area contributed by atoms with Gasteiger partial charge in [0.2, 0.25) is 0 Å². The van der Waals surface area contributed by atoms with E-state index in [1.54, 1.807) is 0 Å². The molecule has 0 radical (unpaired) electrons. The zero-order valence-corrected chi connectivity index (χ0v) is 5.06. The molecule has 10 heavy (non-hydrogen) atoms. The molecule has 4 N–H and O–H groups in total. The molecule has 0 bridgehead atoms. The highest BCUT2D eigenvalue weighted by molar-refractivity contribution is 5.94. The van der Waals surface area contributed by atoms with E-state index in [0.29, 0.717) is 0 Å². The van der Waals surface area contributed by atoms with Crippen LogP contribution in [0.3, 0.4) is 0 Å². The Kier molecular flexibility index (Phi) is 1.33. The number of nitrogens with two attached hydrogens (primary N) is 1. The lowest BCUT2D eigenvalue weighted by molar-refractivity contribution is -1.17. The Hall–Kier alpha value is -1.17. The van der Waals surface area contributed by atoms with Crippen LogP contribution < -0.4 is 5.73 Å². The van der Waals surface area contributed by atoms with Crippen molar-refractivity contribution in [2.75, 3.05) is 0 Å². The summed E-state index contributed by atoms with van der Waals surface area (Å²) in [5.41, 5.74) is 4.92. The third-order valence-corrected chi connectivity index (χ3v) is 1.09. The zero-order chi connectivity index (χ0) is 7.78. The highest BCUT2D eigenvalue weighted by Gasteiger charge is 2.25. The van der Waals surface area contributed by atoms with Gasteiger partial charge < -0.3 is 5.73 Å². The molecule has 1 aliphatic rings. The maximum Gasteiger partial charge on any atom is 0.254 e. The van der Waals surface area contributed by atoms with Crippen LogP contribution >= 0.6 is 0 Å². The summed E-state index contributed by atoms with van der Waals surface area (Å²) >= 11 is 0. The summed E-state index contributed by atoms with van der Waals surface area (Å²) in [4.78, 5) is 8.96. The SMILES string of the molecule is NC(=O)C1=C[N+](O)(O)C=C1. The molecule has 5 heteroatoms. The van der Waals surface area contributed by atoms with E-state index < -0.39 is 10.7 Å². The number of hydroxylamine groups is 4. The summed E-state index contributed by atoms with van der Waals surface area (Å²) in [5, 5.41) is 17.5. The van der Waals surface area contributed by atoms with Gasteiger partial charge in [-0.25, -0.2) is 0 Å². The molecule has 0 aromatic heterocycles. The lowest BCUT2D eigenvalue weighted by Crippen LogP contribution is -2.26. The van der Waals surface area contributed by atoms with Crippen LogP contribution in [0.4, 0.5) is 0 Å². The van der Waals surface area contributed by atoms with Crippen LogP contribution in [0.2, 0.25) is 0 Å². The molecule has 54 valence electrons. The fourth-order valence-corrected chi connectivity index (χ4v) is 0.627. The Balaban J connectivity index is 2.88. The van der Waals surface area contributed by atoms with Gasteiger partial charge in [-0.15, -0.1) is 0 Å². The molecule has 1 rings (SSSR count). The molecule has 0 saturated carbocycles. The van der Waals surface area contributed by atoms with Crippen molar-refractivity contribution in [1.29, 1.82) is 0 Å². The molecule has 0 aromatic rings. The van der Waals surface area contributed by atoms with Crippen molar-refractivity contribution in [1.82, 2.24) is 0 Å². The zero-order valence-electron chi connectivity index (χ0n) is 5.06. The minimum atomic E-state index is -1.40. The first-order valence-electron chi connectivity index (χ1n) is 2.57. The number of carbonyl (C=O) groups excluding carboxylic acids is 1. The van der Waals surface area contributed by atoms with Crippen molar-refractivity contribution in [3.8, 4) is 0 Å². The summed E-state index contributed by atoms with van der Waals surface area (Å²) in [5.74, 6) is -0.681. The molecule has 0 aliphatic carbocycles. The molecule has 0 atom stereocenters. The average molecular weight is 143 g/mol. The second kappa shape index (κ2) is 1.91. The fourth-order valence-electron chi connectivity index (χ4n) is 0.627. The smallest absolute Gasteiger partial charge is 0.254 e. The van der Waals surface area contributed by atoms with Crippen LogP contribution in [-0.4, -0.2) is 21.1 Å². The summed E-state index contributed by atoms with van der Waals surface area (Å²) < 4.78 is 0. The van der Waals surface area contributed by atoms with Crippen LogP contribution in [0.25, 0.3) is 0 Å². The van der Waals surface area contributed by atoms with Gasteiger partial charge in [0.25, 0.3) is 5.91 Å². The number of amides is 1. The van der Waals surface area contributed by atoms with Gasteiger partial charge in [0.1, 0.15) is 5.57 Å². The van der Waals surface area contributed by atoms with E-state index in [0.717, 1.165) is 12.4 Å². The molecule has 0 unspecified atom stereocenters. The van der Waals surface area contributed by atoms with Crippen molar-refractivity contribution in [2.45, 2.75) is 0 Å². The summed E-state index contributed by atoms with van der Waals surface area (Å²) in [6, 6.07) is 0. The van der Waals surface area contributed by atoms with Crippen molar-refractivity contribution in [3.63, 3.8) is 0 Å². The van der Waals surface area contributed by atoms with Crippen LogP contribution in [-0.2, 0) is 4.79 Å². The molecular formula is C5H7N2O3+. The quantitative estimate of drug-likeness (QED) is 0.432. The van der Waals surface area contributed by atoms with Gasteiger partial charge in [-0.3, -0.25) is 4.79 Å². The fraction of sp³-hybridized carbons (Fsp3) is 0. The number of hydrogen-bond donors (Lipinski definition) is 3. The van der Waals surface area contributed by atoms with E-state index in [1.165, 1.54) is 6.08 Å². The molecule has 1 aliphatic heterocycles. The Morgan fingerprint density at radius 3 is 2.40 bits per heavy atom. The predicted molar refractivity (Wildman–Crippen MR) is 30.3 cm³/mol. The maximum atomic E-state index is 10.4. The largest absolute Gasteiger partial charge is 0.365 e. The first-order valence-corrected chi connectivity index (χ1v) is 2.57. The number of nitrogens with zero attached hydrogens (tertiary/aromatic N) is 1. The summed E-state index contributed by atoms with van der Waals surface area (Å²) in [7, 11) is 0. The second-order valence-corrected chi connectivity index (χ2v) is 1.96. The molecule has 0 saturated heterocycles. The molecule has 1 heterocycles. The number of quaternary nitrogens is 1. The van der Waals surface area contributed by atoms with Gasteiger partial charge in [-0.1, -0.05) is 0 Å². The number of primary amides is 1. The van der Waals surface area contributed by atoms with Crippen molar-refractivity contribution in [2.24, 2.45) is 5.73 Å². The minimum Gasteiger partial charge on any atom is -0.365 e. The van der Waals surface area contributed by atoms with Gasteiger partial charge in [0.05, 0.1) is 0 Å². The highest BCUT2D eigenvalue weighted by Crippen LogP contribution is 2.13. The van der Waals surface area contributed by atoms with Crippen molar-refractivity contribution in [3.05, 3.63) is 24.0 Å². The maximum absolute atomic E-state index is 10.4. The summed E-state index contributed by atoms with van der Waals surface area (Å²) in [6.07, 6.45) is 3.17.